The zero-order valence-electron chi connectivity index (χ0n) is 12.7. The van der Waals surface area contributed by atoms with Crippen molar-refractivity contribution < 1.29 is 13.4 Å². The second kappa shape index (κ2) is 5.69. The predicted molar refractivity (Wildman–Crippen MR) is 81.9 cm³/mol. The molecule has 0 unspecified atom stereocenters. The Hall–Kier alpha value is -1.93. The fourth-order valence-electron chi connectivity index (χ4n) is 2.72. The molecule has 0 radical (unpaired) electrons. The predicted octanol–water partition coefficient (Wildman–Crippen LogP) is 0.0535. The van der Waals surface area contributed by atoms with E-state index < -0.39 is 10.0 Å². The summed E-state index contributed by atoms with van der Waals surface area (Å²) in [6.07, 6.45) is 3.44. The molecule has 2 aromatic rings. The normalized spacial score (nSPS) is 16.9. The Bertz CT molecular complexity index is 749. The second-order valence-corrected chi connectivity index (χ2v) is 7.30. The third-order valence-electron chi connectivity index (χ3n) is 3.86. The van der Waals surface area contributed by atoms with E-state index in [0.717, 1.165) is 5.82 Å². The van der Waals surface area contributed by atoms with Gasteiger partial charge in [-0.1, -0.05) is 6.07 Å². The molecule has 0 atom stereocenters. The zero-order chi connectivity index (χ0) is 15.7. The highest BCUT2D eigenvalue weighted by atomic mass is 32.2. The van der Waals surface area contributed by atoms with E-state index in [-0.39, 0.29) is 0 Å². The standard InChI is InChI=1S/C14H19N5O2S/c1-12-13(11-17(2)16-12)22(20,21)19-9-7-18(8-10-19)14-5-3-4-6-15-14/h3-6,11H,7-10H2,1-2H3/p+1. The first-order valence-electron chi connectivity index (χ1n) is 7.20. The SMILES string of the molecule is Cc1nn(C)cc1S(=O)(=O)N1CCN(c2cccc[nH+]2)CC1. The Kier molecular flexibility index (Phi) is 3.88. The van der Waals surface area contributed by atoms with Gasteiger partial charge < -0.3 is 0 Å². The minimum atomic E-state index is -3.46. The Morgan fingerprint density at radius 2 is 1.91 bits per heavy atom. The van der Waals surface area contributed by atoms with E-state index in [9.17, 15) is 8.42 Å². The molecule has 8 heteroatoms. The lowest BCUT2D eigenvalue weighted by Gasteiger charge is -2.30. The fourth-order valence-corrected chi connectivity index (χ4v) is 4.34. The van der Waals surface area contributed by atoms with E-state index in [1.807, 2.05) is 24.4 Å². The first kappa shape index (κ1) is 15.0. The van der Waals surface area contributed by atoms with Crippen molar-refractivity contribution in [2.45, 2.75) is 11.8 Å². The van der Waals surface area contributed by atoms with Crippen molar-refractivity contribution in [2.24, 2.45) is 7.05 Å². The monoisotopic (exact) mass is 322 g/mol. The Morgan fingerprint density at radius 1 is 1.18 bits per heavy atom. The van der Waals surface area contributed by atoms with Gasteiger partial charge in [-0.3, -0.25) is 9.58 Å². The van der Waals surface area contributed by atoms with Gasteiger partial charge in [0.2, 0.25) is 10.0 Å². The highest BCUT2D eigenvalue weighted by Gasteiger charge is 2.33. The van der Waals surface area contributed by atoms with Gasteiger partial charge in [-0.25, -0.2) is 13.4 Å². The van der Waals surface area contributed by atoms with Crippen molar-refractivity contribution in [3.63, 3.8) is 0 Å². The topological polar surface area (TPSA) is 72.6 Å². The van der Waals surface area contributed by atoms with Crippen LogP contribution in [-0.2, 0) is 17.1 Å². The van der Waals surface area contributed by atoms with Crippen LogP contribution in [0.1, 0.15) is 5.69 Å². The maximum atomic E-state index is 12.7. The molecule has 3 rings (SSSR count). The van der Waals surface area contributed by atoms with Crippen molar-refractivity contribution in [1.82, 2.24) is 14.1 Å². The number of aryl methyl sites for hydroxylation is 2. The number of pyridine rings is 1. The number of sulfonamides is 1. The van der Waals surface area contributed by atoms with E-state index >= 15 is 0 Å². The summed E-state index contributed by atoms with van der Waals surface area (Å²) in [7, 11) is -1.73. The molecule has 3 heterocycles. The highest BCUT2D eigenvalue weighted by Crippen LogP contribution is 2.21. The number of piperazine rings is 1. The number of rotatable bonds is 3. The molecule has 0 aliphatic carbocycles. The molecule has 1 aliphatic rings. The third kappa shape index (κ3) is 2.71. The van der Waals surface area contributed by atoms with Gasteiger partial charge >= 0.3 is 0 Å². The summed E-state index contributed by atoms with van der Waals surface area (Å²) in [5, 5.41) is 4.13. The van der Waals surface area contributed by atoms with Crippen LogP contribution in [0.15, 0.2) is 35.5 Å². The van der Waals surface area contributed by atoms with Crippen molar-refractivity contribution >= 4 is 15.8 Å². The van der Waals surface area contributed by atoms with Gasteiger partial charge in [0.15, 0.2) is 0 Å². The molecule has 7 nitrogen and oxygen atoms in total. The van der Waals surface area contributed by atoms with Crippen LogP contribution in [0, 0.1) is 6.92 Å². The van der Waals surface area contributed by atoms with Crippen LogP contribution < -0.4 is 9.88 Å². The van der Waals surface area contributed by atoms with Gasteiger partial charge in [0, 0.05) is 19.3 Å². The maximum Gasteiger partial charge on any atom is 0.274 e. The van der Waals surface area contributed by atoms with Crippen LogP contribution in [0.5, 0.6) is 0 Å². The van der Waals surface area contributed by atoms with E-state index in [1.54, 1.807) is 20.2 Å². The van der Waals surface area contributed by atoms with Crippen molar-refractivity contribution in [3.8, 4) is 0 Å². The van der Waals surface area contributed by atoms with Crippen molar-refractivity contribution in [1.29, 1.82) is 0 Å². The average molecular weight is 322 g/mol. The fraction of sp³-hybridized carbons (Fsp3) is 0.429. The molecule has 1 aliphatic heterocycles. The van der Waals surface area contributed by atoms with Crippen LogP contribution in [0.2, 0.25) is 0 Å². The quantitative estimate of drug-likeness (QED) is 0.801. The Balaban J connectivity index is 1.75. The molecule has 0 spiro atoms. The molecular weight excluding hydrogens is 302 g/mol. The van der Waals surface area contributed by atoms with Crippen LogP contribution in [0.4, 0.5) is 5.82 Å². The molecular formula is C14H20N5O2S+. The summed E-state index contributed by atoms with van der Waals surface area (Å²) in [5.41, 5.74) is 0.543. The molecule has 0 amide bonds. The summed E-state index contributed by atoms with van der Waals surface area (Å²) in [6, 6.07) is 5.89. The van der Waals surface area contributed by atoms with E-state index in [0.29, 0.717) is 36.8 Å². The summed E-state index contributed by atoms with van der Waals surface area (Å²) in [4.78, 5) is 5.64. The van der Waals surface area contributed by atoms with Crippen LogP contribution >= 0.6 is 0 Å². The van der Waals surface area contributed by atoms with E-state index in [1.165, 1.54) is 8.99 Å². The van der Waals surface area contributed by atoms with E-state index in [4.69, 9.17) is 0 Å². The number of aromatic amines is 1. The number of hydrogen-bond acceptors (Lipinski definition) is 4. The minimum Gasteiger partial charge on any atom is -0.274 e. The van der Waals surface area contributed by atoms with Gasteiger partial charge in [-0.05, 0) is 13.0 Å². The molecule has 1 N–H and O–H groups in total. The lowest BCUT2D eigenvalue weighted by atomic mass is 10.3. The largest absolute Gasteiger partial charge is 0.274 e. The first-order valence-corrected chi connectivity index (χ1v) is 8.64. The summed E-state index contributed by atoms with van der Waals surface area (Å²) in [6.45, 7) is 4.00. The number of aromatic nitrogens is 3. The summed E-state index contributed by atoms with van der Waals surface area (Å²) in [5.74, 6) is 1.01. The summed E-state index contributed by atoms with van der Waals surface area (Å²) < 4.78 is 28.5. The third-order valence-corrected chi connectivity index (χ3v) is 5.86. The van der Waals surface area contributed by atoms with Crippen molar-refractivity contribution in [3.05, 3.63) is 36.3 Å². The second-order valence-electron chi connectivity index (χ2n) is 5.39. The smallest absolute Gasteiger partial charge is 0.274 e. The van der Waals surface area contributed by atoms with Gasteiger partial charge in [-0.2, -0.15) is 9.40 Å². The Labute approximate surface area is 130 Å². The molecule has 0 bridgehead atoms. The lowest BCUT2D eigenvalue weighted by molar-refractivity contribution is -0.364. The minimum absolute atomic E-state index is 0.301. The van der Waals surface area contributed by atoms with Gasteiger partial charge in [0.25, 0.3) is 5.82 Å². The zero-order valence-corrected chi connectivity index (χ0v) is 13.5. The van der Waals surface area contributed by atoms with Crippen LogP contribution in [-0.4, -0.2) is 48.7 Å². The first-order chi connectivity index (χ1) is 10.5. The molecule has 1 fully saturated rings. The molecule has 118 valence electrons. The number of H-pyrrole nitrogens is 1. The number of anilines is 1. The van der Waals surface area contributed by atoms with Crippen molar-refractivity contribution in [2.75, 3.05) is 31.1 Å². The van der Waals surface area contributed by atoms with Gasteiger partial charge in [-0.15, -0.1) is 0 Å². The summed E-state index contributed by atoms with van der Waals surface area (Å²) >= 11 is 0. The number of hydrogen-bond donors (Lipinski definition) is 0. The number of nitrogens with one attached hydrogen (secondary N) is 1. The molecule has 0 saturated carbocycles. The van der Waals surface area contributed by atoms with Gasteiger partial charge in [0.05, 0.1) is 38.1 Å². The Morgan fingerprint density at radius 3 is 2.45 bits per heavy atom. The number of nitrogens with zero attached hydrogens (tertiary/aromatic N) is 4. The molecule has 2 aromatic heterocycles. The van der Waals surface area contributed by atoms with Crippen LogP contribution in [0.25, 0.3) is 0 Å². The molecule has 1 saturated heterocycles. The molecule has 22 heavy (non-hydrogen) atoms. The average Bonchev–Trinajstić information content (AvgIpc) is 2.88. The molecule has 0 aromatic carbocycles. The van der Waals surface area contributed by atoms with Gasteiger partial charge in [0.1, 0.15) is 4.90 Å². The lowest BCUT2D eigenvalue weighted by Crippen LogP contribution is -2.49. The van der Waals surface area contributed by atoms with Crippen LogP contribution in [0.3, 0.4) is 0 Å². The van der Waals surface area contributed by atoms with E-state index in [2.05, 4.69) is 15.0 Å². The highest BCUT2D eigenvalue weighted by molar-refractivity contribution is 7.89. The maximum absolute atomic E-state index is 12.7.